The van der Waals surface area contributed by atoms with Gasteiger partial charge in [0.1, 0.15) is 5.92 Å². The van der Waals surface area contributed by atoms with E-state index in [9.17, 15) is 9.59 Å². The van der Waals surface area contributed by atoms with Crippen LogP contribution >= 0.6 is 0 Å². The SMILES string of the molecule is CCCCOc1ccc([C@H]2[C@H]3C(=O)N(c4ccc(C#N)cc4)C(=O)[C@@H]3ON2c2ccccc2)cc1OCC. The molecule has 5 rings (SSSR count). The third kappa shape index (κ3) is 4.57. The molecular formula is C30H29N3O5. The Morgan fingerprint density at radius 2 is 1.66 bits per heavy atom. The summed E-state index contributed by atoms with van der Waals surface area (Å²) in [7, 11) is 0. The Balaban J connectivity index is 1.54. The standard InChI is InChI=1S/C30H29N3O5/c1-3-5-17-37-24-16-13-21(18-25(24)36-4-2)27-26-28(38-33(27)23-9-7-6-8-10-23)30(35)32(29(26)34)22-14-11-20(19-31)12-15-22/h6-16,18,26-28H,3-5,17H2,1-2H3/t26-,27+,28-/m1/s1. The lowest BCUT2D eigenvalue weighted by Gasteiger charge is -2.29. The van der Waals surface area contributed by atoms with Crippen LogP contribution in [0.3, 0.4) is 0 Å². The van der Waals surface area contributed by atoms with Gasteiger partial charge in [-0.3, -0.25) is 14.4 Å². The molecular weight excluding hydrogens is 482 g/mol. The average Bonchev–Trinajstić information content (AvgIpc) is 3.46. The smallest absolute Gasteiger partial charge is 0.266 e. The van der Waals surface area contributed by atoms with E-state index in [0.29, 0.717) is 36.0 Å². The highest BCUT2D eigenvalue weighted by Crippen LogP contribution is 2.48. The minimum Gasteiger partial charge on any atom is -0.490 e. The average molecular weight is 512 g/mol. The zero-order valence-corrected chi connectivity index (χ0v) is 21.4. The molecule has 0 radical (unpaired) electrons. The fraction of sp³-hybridized carbons (Fsp3) is 0.300. The van der Waals surface area contributed by atoms with E-state index in [1.54, 1.807) is 29.3 Å². The third-order valence-electron chi connectivity index (χ3n) is 6.75. The molecule has 3 aromatic rings. The molecule has 38 heavy (non-hydrogen) atoms. The lowest BCUT2D eigenvalue weighted by molar-refractivity contribution is -0.126. The molecule has 8 heteroatoms. The van der Waals surface area contributed by atoms with Crippen LogP contribution in [0.15, 0.2) is 72.8 Å². The first-order valence-corrected chi connectivity index (χ1v) is 12.9. The lowest BCUT2D eigenvalue weighted by Crippen LogP contribution is -2.37. The normalized spacial score (nSPS) is 20.4. The second kappa shape index (κ2) is 11.0. The van der Waals surface area contributed by atoms with Gasteiger partial charge in [-0.2, -0.15) is 5.26 Å². The van der Waals surface area contributed by atoms with Crippen LogP contribution < -0.4 is 19.4 Å². The van der Waals surface area contributed by atoms with Gasteiger partial charge in [-0.25, -0.2) is 9.96 Å². The van der Waals surface area contributed by atoms with Crippen LogP contribution in [-0.2, 0) is 14.4 Å². The lowest BCUT2D eigenvalue weighted by atomic mass is 9.90. The fourth-order valence-electron chi connectivity index (χ4n) is 4.91. The van der Waals surface area contributed by atoms with E-state index >= 15 is 0 Å². The van der Waals surface area contributed by atoms with Crippen LogP contribution in [0, 0.1) is 17.2 Å². The molecule has 0 aromatic heterocycles. The van der Waals surface area contributed by atoms with Gasteiger partial charge in [-0.15, -0.1) is 0 Å². The van der Waals surface area contributed by atoms with Gasteiger partial charge >= 0.3 is 0 Å². The van der Waals surface area contributed by atoms with Crippen molar-refractivity contribution < 1.29 is 23.9 Å². The van der Waals surface area contributed by atoms with E-state index < -0.39 is 24.0 Å². The van der Waals surface area contributed by atoms with Gasteiger partial charge in [0.2, 0.25) is 5.91 Å². The highest BCUT2D eigenvalue weighted by atomic mass is 16.7. The number of nitriles is 1. The monoisotopic (exact) mass is 511 g/mol. The second-order valence-corrected chi connectivity index (χ2v) is 9.17. The molecule has 0 aliphatic carbocycles. The van der Waals surface area contributed by atoms with Gasteiger partial charge in [0.25, 0.3) is 5.91 Å². The third-order valence-corrected chi connectivity index (χ3v) is 6.75. The van der Waals surface area contributed by atoms with Crippen molar-refractivity contribution in [1.29, 1.82) is 5.26 Å². The van der Waals surface area contributed by atoms with Gasteiger partial charge in [0, 0.05) is 0 Å². The molecule has 0 saturated carbocycles. The number of hydrogen-bond donors (Lipinski definition) is 0. The number of carbonyl (C=O) groups is 2. The maximum atomic E-state index is 13.8. The Labute approximate surface area is 221 Å². The Bertz CT molecular complexity index is 1350. The predicted octanol–water partition coefficient (Wildman–Crippen LogP) is 5.19. The molecule has 2 heterocycles. The van der Waals surface area contributed by atoms with Crippen LogP contribution in [0.1, 0.15) is 43.9 Å². The summed E-state index contributed by atoms with van der Waals surface area (Å²) >= 11 is 0. The fourth-order valence-corrected chi connectivity index (χ4v) is 4.91. The zero-order chi connectivity index (χ0) is 26.6. The molecule has 0 bridgehead atoms. The predicted molar refractivity (Wildman–Crippen MR) is 142 cm³/mol. The number of ether oxygens (including phenoxy) is 2. The largest absolute Gasteiger partial charge is 0.490 e. The summed E-state index contributed by atoms with van der Waals surface area (Å²) < 4.78 is 11.9. The minimum absolute atomic E-state index is 0.352. The van der Waals surface area contributed by atoms with Gasteiger partial charge in [0.05, 0.1) is 42.3 Å². The number of anilines is 2. The van der Waals surface area contributed by atoms with Gasteiger partial charge < -0.3 is 9.47 Å². The number of nitrogens with zero attached hydrogens (tertiary/aromatic N) is 3. The van der Waals surface area contributed by atoms with Crippen LogP contribution in [0.25, 0.3) is 0 Å². The Hall–Kier alpha value is -4.35. The molecule has 0 N–H and O–H groups in total. The first kappa shape index (κ1) is 25.3. The number of amides is 2. The molecule has 2 saturated heterocycles. The summed E-state index contributed by atoms with van der Waals surface area (Å²) in [4.78, 5) is 34.8. The van der Waals surface area contributed by atoms with Gasteiger partial charge in [-0.05, 0) is 67.4 Å². The van der Waals surface area contributed by atoms with Crippen molar-refractivity contribution in [2.75, 3.05) is 23.2 Å². The number of imide groups is 1. The first-order valence-electron chi connectivity index (χ1n) is 12.9. The molecule has 2 aliphatic rings. The van der Waals surface area contributed by atoms with Crippen molar-refractivity contribution in [3.8, 4) is 17.6 Å². The van der Waals surface area contributed by atoms with Crippen LogP contribution in [-0.4, -0.2) is 31.1 Å². The summed E-state index contributed by atoms with van der Waals surface area (Å²) in [5.41, 5.74) is 2.37. The van der Waals surface area contributed by atoms with Crippen molar-refractivity contribution in [2.45, 2.75) is 38.8 Å². The number of hydroxylamine groups is 1. The minimum atomic E-state index is -0.987. The van der Waals surface area contributed by atoms with Crippen molar-refractivity contribution in [1.82, 2.24) is 0 Å². The number of carbonyl (C=O) groups excluding carboxylic acids is 2. The van der Waals surface area contributed by atoms with E-state index in [2.05, 4.69) is 13.0 Å². The second-order valence-electron chi connectivity index (χ2n) is 9.17. The zero-order valence-electron chi connectivity index (χ0n) is 21.4. The van der Waals surface area contributed by atoms with E-state index in [1.165, 1.54) is 0 Å². The number of unbranched alkanes of at least 4 members (excludes halogenated alkanes) is 1. The molecule has 2 aliphatic heterocycles. The van der Waals surface area contributed by atoms with Crippen molar-refractivity contribution in [3.63, 3.8) is 0 Å². The quantitative estimate of drug-likeness (QED) is 0.288. The van der Waals surface area contributed by atoms with Crippen LogP contribution in [0.4, 0.5) is 11.4 Å². The summed E-state index contributed by atoms with van der Waals surface area (Å²) in [6.45, 7) is 5.04. The summed E-state index contributed by atoms with van der Waals surface area (Å²) in [6, 6.07) is 22.9. The molecule has 3 aromatic carbocycles. The van der Waals surface area contributed by atoms with E-state index in [-0.39, 0.29) is 5.91 Å². The van der Waals surface area contributed by atoms with E-state index in [1.807, 2.05) is 55.5 Å². The molecule has 2 fully saturated rings. The summed E-state index contributed by atoms with van der Waals surface area (Å²) in [5, 5.41) is 10.8. The molecule has 0 spiro atoms. The first-order chi connectivity index (χ1) is 18.6. The van der Waals surface area contributed by atoms with Crippen molar-refractivity contribution >= 4 is 23.2 Å². The molecule has 194 valence electrons. The number of hydrogen-bond acceptors (Lipinski definition) is 7. The van der Waals surface area contributed by atoms with E-state index in [0.717, 1.165) is 29.0 Å². The summed E-state index contributed by atoms with van der Waals surface area (Å²) in [6.07, 6.45) is 0.957. The van der Waals surface area contributed by atoms with E-state index in [4.69, 9.17) is 19.6 Å². The highest BCUT2D eigenvalue weighted by Gasteiger charge is 2.60. The number of fused-ring (bicyclic) bond motifs is 1. The van der Waals surface area contributed by atoms with Crippen LogP contribution in [0.2, 0.25) is 0 Å². The molecule has 0 unspecified atom stereocenters. The maximum Gasteiger partial charge on any atom is 0.266 e. The Morgan fingerprint density at radius 1 is 0.895 bits per heavy atom. The number of rotatable bonds is 9. The highest BCUT2D eigenvalue weighted by molar-refractivity contribution is 6.23. The Kier molecular flexibility index (Phi) is 7.29. The van der Waals surface area contributed by atoms with Crippen LogP contribution in [0.5, 0.6) is 11.5 Å². The van der Waals surface area contributed by atoms with Crippen molar-refractivity contribution in [3.05, 3.63) is 83.9 Å². The molecule has 2 amide bonds. The number of para-hydroxylation sites is 1. The van der Waals surface area contributed by atoms with Gasteiger partial charge in [-0.1, -0.05) is 37.6 Å². The maximum absolute atomic E-state index is 13.8. The Morgan fingerprint density at radius 3 is 2.34 bits per heavy atom. The number of benzene rings is 3. The van der Waals surface area contributed by atoms with Crippen molar-refractivity contribution in [2.24, 2.45) is 5.92 Å². The summed E-state index contributed by atoms with van der Waals surface area (Å²) in [5.74, 6) is -0.344. The molecule has 3 atom stereocenters. The molecule has 8 nitrogen and oxygen atoms in total. The topological polar surface area (TPSA) is 92.1 Å². The van der Waals surface area contributed by atoms with Gasteiger partial charge in [0.15, 0.2) is 17.6 Å².